The van der Waals surface area contributed by atoms with Crippen molar-refractivity contribution in [3.8, 4) is 0 Å². The van der Waals surface area contributed by atoms with E-state index in [1.807, 2.05) is 0 Å². The number of amides is 1. The maximum absolute atomic E-state index is 12.1. The fourth-order valence-electron chi connectivity index (χ4n) is 1.54. The Morgan fingerprint density at radius 1 is 1.58 bits per heavy atom. The molecule has 2 aromatic heterocycles. The van der Waals surface area contributed by atoms with Gasteiger partial charge in [0.1, 0.15) is 12.2 Å². The van der Waals surface area contributed by atoms with Gasteiger partial charge in [-0.3, -0.25) is 14.7 Å². The largest absolute Gasteiger partial charge is 0.342 e. The van der Waals surface area contributed by atoms with Crippen LogP contribution in [0.1, 0.15) is 29.1 Å². The quantitative estimate of drug-likeness (QED) is 0.871. The first kappa shape index (κ1) is 13.5. The summed E-state index contributed by atoms with van der Waals surface area (Å²) < 4.78 is 1.94. The molecule has 0 saturated heterocycles. The molecule has 0 unspecified atom stereocenters. The Morgan fingerprint density at radius 3 is 2.95 bits per heavy atom. The predicted molar refractivity (Wildman–Crippen MR) is 71.6 cm³/mol. The molecule has 0 spiro atoms. The lowest BCUT2D eigenvalue weighted by Crippen LogP contribution is -2.29. The van der Waals surface area contributed by atoms with Crippen LogP contribution in [-0.2, 0) is 7.05 Å². The number of halogens is 1. The number of hydrogen-bond donors (Lipinski definition) is 2. The van der Waals surface area contributed by atoms with Crippen LogP contribution in [0.25, 0.3) is 0 Å². The lowest BCUT2D eigenvalue weighted by molar-refractivity contribution is 0.0937. The number of H-pyrrole nitrogens is 1. The van der Waals surface area contributed by atoms with Crippen LogP contribution in [0.4, 0.5) is 0 Å². The van der Waals surface area contributed by atoms with Gasteiger partial charge in [-0.1, -0.05) is 0 Å². The van der Waals surface area contributed by atoms with E-state index in [0.29, 0.717) is 10.3 Å². The fourth-order valence-corrected chi connectivity index (χ4v) is 2.14. The van der Waals surface area contributed by atoms with Crippen LogP contribution in [0.2, 0.25) is 0 Å². The molecule has 2 rings (SSSR count). The van der Waals surface area contributed by atoms with Crippen LogP contribution < -0.4 is 10.9 Å². The topological polar surface area (TPSA) is 92.7 Å². The van der Waals surface area contributed by atoms with Crippen molar-refractivity contribution >= 4 is 21.8 Å². The van der Waals surface area contributed by atoms with E-state index >= 15 is 0 Å². The summed E-state index contributed by atoms with van der Waals surface area (Å²) in [5.74, 6) is 0.196. The summed E-state index contributed by atoms with van der Waals surface area (Å²) in [7, 11) is 1.62. The van der Waals surface area contributed by atoms with Crippen LogP contribution in [0.15, 0.2) is 27.9 Å². The third-order valence-corrected chi connectivity index (χ3v) is 3.25. The van der Waals surface area contributed by atoms with Crippen molar-refractivity contribution in [2.24, 2.45) is 7.05 Å². The predicted octanol–water partition coefficient (Wildman–Crippen LogP) is 0.757. The number of carbonyl (C=O) groups is 1. The summed E-state index contributed by atoms with van der Waals surface area (Å²) in [6, 6.07) is 0.956. The Labute approximate surface area is 117 Å². The first-order chi connectivity index (χ1) is 8.99. The zero-order valence-corrected chi connectivity index (χ0v) is 11.9. The molecule has 1 atom stereocenters. The van der Waals surface area contributed by atoms with Crippen molar-refractivity contribution in [2.45, 2.75) is 13.0 Å². The average molecular weight is 326 g/mol. The molecule has 1 amide bonds. The second-order valence-electron chi connectivity index (χ2n) is 4.05. The van der Waals surface area contributed by atoms with E-state index in [1.54, 1.807) is 20.2 Å². The molecular weight excluding hydrogens is 314 g/mol. The number of nitrogens with one attached hydrogen (secondary N) is 2. The van der Waals surface area contributed by atoms with Gasteiger partial charge in [-0.2, -0.15) is 5.10 Å². The summed E-state index contributed by atoms with van der Waals surface area (Å²) in [4.78, 5) is 27.6. The summed E-state index contributed by atoms with van der Waals surface area (Å²) in [6.07, 6.45) is 2.92. The van der Waals surface area contributed by atoms with E-state index in [4.69, 9.17) is 0 Å². The van der Waals surface area contributed by atoms with Gasteiger partial charge in [0, 0.05) is 23.8 Å². The molecule has 0 aromatic carbocycles. The molecule has 0 bridgehead atoms. The van der Waals surface area contributed by atoms with Crippen molar-refractivity contribution in [3.63, 3.8) is 0 Å². The Balaban J connectivity index is 2.21. The van der Waals surface area contributed by atoms with Crippen LogP contribution in [0.3, 0.4) is 0 Å². The third kappa shape index (κ3) is 2.90. The zero-order valence-electron chi connectivity index (χ0n) is 10.3. The van der Waals surface area contributed by atoms with Gasteiger partial charge < -0.3 is 9.88 Å². The monoisotopic (exact) mass is 325 g/mol. The molecule has 0 saturated carbocycles. The lowest BCUT2D eigenvalue weighted by atomic mass is 10.2. The van der Waals surface area contributed by atoms with E-state index < -0.39 is 0 Å². The molecule has 100 valence electrons. The maximum atomic E-state index is 12.1. The Hall–Kier alpha value is -1.96. The summed E-state index contributed by atoms with van der Waals surface area (Å²) in [5, 5.41) is 9.13. The van der Waals surface area contributed by atoms with Crippen LogP contribution >= 0.6 is 15.9 Å². The molecule has 2 N–H and O–H groups in total. The number of hydrogen-bond acceptors (Lipinski definition) is 4. The van der Waals surface area contributed by atoms with Crippen molar-refractivity contribution in [3.05, 3.63) is 44.8 Å². The highest BCUT2D eigenvalue weighted by Crippen LogP contribution is 2.15. The molecule has 0 fully saturated rings. The second kappa shape index (κ2) is 5.35. The number of aryl methyl sites for hydroxylation is 1. The van der Waals surface area contributed by atoms with E-state index in [-0.39, 0.29) is 23.1 Å². The standard InChI is InChI=1S/C11H12BrN5O2/c1-6(10-13-5-14-16-10)15-11(19)7-3-9(18)17(2)4-8(7)12/h3-6H,1-2H3,(H,15,19)(H,13,14,16)/t6-/m0/s1. The zero-order chi connectivity index (χ0) is 14.0. The van der Waals surface area contributed by atoms with Gasteiger partial charge in [-0.25, -0.2) is 4.98 Å². The fraction of sp³-hybridized carbons (Fsp3) is 0.273. The normalized spacial score (nSPS) is 12.2. The van der Waals surface area contributed by atoms with Crippen molar-refractivity contribution in [2.75, 3.05) is 0 Å². The molecule has 7 nitrogen and oxygen atoms in total. The molecule has 19 heavy (non-hydrogen) atoms. The highest BCUT2D eigenvalue weighted by atomic mass is 79.9. The van der Waals surface area contributed by atoms with E-state index in [1.165, 1.54) is 17.0 Å². The van der Waals surface area contributed by atoms with Crippen molar-refractivity contribution < 1.29 is 4.79 Å². The maximum Gasteiger partial charge on any atom is 0.253 e. The number of nitrogens with zero attached hydrogens (tertiary/aromatic N) is 3. The molecule has 2 aromatic rings. The van der Waals surface area contributed by atoms with Crippen LogP contribution in [-0.4, -0.2) is 25.7 Å². The number of rotatable bonds is 3. The van der Waals surface area contributed by atoms with E-state index in [9.17, 15) is 9.59 Å². The second-order valence-corrected chi connectivity index (χ2v) is 4.90. The third-order valence-electron chi connectivity index (χ3n) is 2.62. The van der Waals surface area contributed by atoms with Gasteiger partial charge in [-0.05, 0) is 22.9 Å². The van der Waals surface area contributed by atoms with Crippen LogP contribution in [0.5, 0.6) is 0 Å². The summed E-state index contributed by atoms with van der Waals surface area (Å²) in [5.41, 5.74) is 0.0372. The minimum atomic E-state index is -0.353. The minimum absolute atomic E-state index is 0.249. The first-order valence-corrected chi connectivity index (χ1v) is 6.30. The van der Waals surface area contributed by atoms with Crippen LogP contribution in [0, 0.1) is 0 Å². The van der Waals surface area contributed by atoms with Gasteiger partial charge in [-0.15, -0.1) is 0 Å². The Morgan fingerprint density at radius 2 is 2.32 bits per heavy atom. The summed E-state index contributed by atoms with van der Waals surface area (Å²) >= 11 is 3.26. The number of pyridine rings is 1. The highest BCUT2D eigenvalue weighted by molar-refractivity contribution is 9.10. The van der Waals surface area contributed by atoms with Gasteiger partial charge in [0.2, 0.25) is 0 Å². The Kier molecular flexibility index (Phi) is 3.79. The number of aromatic nitrogens is 4. The lowest BCUT2D eigenvalue weighted by Gasteiger charge is -2.12. The number of aromatic amines is 1. The van der Waals surface area contributed by atoms with Crippen molar-refractivity contribution in [1.82, 2.24) is 25.1 Å². The minimum Gasteiger partial charge on any atom is -0.342 e. The average Bonchev–Trinajstić information content (AvgIpc) is 2.87. The summed E-state index contributed by atoms with van der Waals surface area (Å²) in [6.45, 7) is 1.77. The molecular formula is C11H12BrN5O2. The Bertz CT molecular complexity index is 650. The van der Waals surface area contributed by atoms with E-state index in [2.05, 4.69) is 36.4 Å². The molecule has 2 heterocycles. The SMILES string of the molecule is C[C@H](NC(=O)c1cc(=O)n(C)cc1Br)c1ncn[nH]1. The van der Waals surface area contributed by atoms with E-state index in [0.717, 1.165) is 0 Å². The van der Waals surface area contributed by atoms with Gasteiger partial charge in [0.05, 0.1) is 11.6 Å². The molecule has 0 radical (unpaired) electrons. The molecule has 0 aliphatic carbocycles. The van der Waals surface area contributed by atoms with Crippen molar-refractivity contribution in [1.29, 1.82) is 0 Å². The van der Waals surface area contributed by atoms with Gasteiger partial charge in [0.15, 0.2) is 0 Å². The first-order valence-electron chi connectivity index (χ1n) is 5.51. The smallest absolute Gasteiger partial charge is 0.253 e. The highest BCUT2D eigenvalue weighted by Gasteiger charge is 2.16. The molecule has 0 aliphatic rings. The van der Waals surface area contributed by atoms with Gasteiger partial charge >= 0.3 is 0 Å². The number of carbonyl (C=O) groups excluding carboxylic acids is 1. The molecule has 8 heteroatoms. The van der Waals surface area contributed by atoms with Gasteiger partial charge in [0.25, 0.3) is 11.5 Å². The molecule has 0 aliphatic heterocycles.